The molecule has 0 saturated heterocycles. The van der Waals surface area contributed by atoms with E-state index in [0.717, 1.165) is 39.2 Å². The van der Waals surface area contributed by atoms with Crippen LogP contribution in [-0.2, 0) is 6.42 Å². The third-order valence-electron chi connectivity index (χ3n) is 6.96. The SMILES string of the molecule is O=C(c1ccncc1)C1C=c2c(ccc3c2=CCc2ccc(F)cc2-3)C(C2=CC=CC=CN2)C1. The van der Waals surface area contributed by atoms with Crippen molar-refractivity contribution in [1.82, 2.24) is 10.3 Å². The van der Waals surface area contributed by atoms with E-state index in [2.05, 4.69) is 40.7 Å². The van der Waals surface area contributed by atoms with Gasteiger partial charge in [0, 0.05) is 41.7 Å². The molecule has 1 aliphatic heterocycles. The van der Waals surface area contributed by atoms with E-state index in [4.69, 9.17) is 0 Å². The Balaban J connectivity index is 1.56. The topological polar surface area (TPSA) is 42.0 Å². The molecule has 2 heterocycles. The highest BCUT2D eigenvalue weighted by Crippen LogP contribution is 2.35. The Morgan fingerprint density at radius 1 is 0.971 bits per heavy atom. The van der Waals surface area contributed by atoms with Gasteiger partial charge in [0.25, 0.3) is 0 Å². The van der Waals surface area contributed by atoms with E-state index in [1.165, 1.54) is 11.6 Å². The van der Waals surface area contributed by atoms with Crippen LogP contribution in [0.25, 0.3) is 23.3 Å². The van der Waals surface area contributed by atoms with Gasteiger partial charge < -0.3 is 5.32 Å². The summed E-state index contributed by atoms with van der Waals surface area (Å²) in [5, 5.41) is 5.59. The number of Topliss-reactive ketones (excluding diaryl/α,β-unsaturated/α-hetero) is 1. The van der Waals surface area contributed by atoms with Crippen molar-refractivity contribution in [2.75, 3.05) is 0 Å². The Morgan fingerprint density at radius 2 is 1.85 bits per heavy atom. The molecule has 34 heavy (non-hydrogen) atoms. The molecule has 3 aliphatic rings. The van der Waals surface area contributed by atoms with Gasteiger partial charge in [0.05, 0.1) is 0 Å². The summed E-state index contributed by atoms with van der Waals surface area (Å²) in [6.45, 7) is 0. The number of hydrogen-bond donors (Lipinski definition) is 1. The number of nitrogens with zero attached hydrogens (tertiary/aromatic N) is 1. The molecular weight excluding hydrogens is 423 g/mol. The summed E-state index contributed by atoms with van der Waals surface area (Å²) in [5.41, 5.74) is 6.00. The van der Waals surface area contributed by atoms with E-state index in [1.54, 1.807) is 30.6 Å². The highest BCUT2D eigenvalue weighted by atomic mass is 19.1. The van der Waals surface area contributed by atoms with Gasteiger partial charge in [0.15, 0.2) is 5.78 Å². The molecule has 0 spiro atoms. The predicted molar refractivity (Wildman–Crippen MR) is 133 cm³/mol. The van der Waals surface area contributed by atoms with Crippen LogP contribution < -0.4 is 15.8 Å². The smallest absolute Gasteiger partial charge is 0.169 e. The lowest BCUT2D eigenvalue weighted by Crippen LogP contribution is -2.40. The monoisotopic (exact) mass is 446 g/mol. The number of benzene rings is 2. The first-order valence-electron chi connectivity index (χ1n) is 11.6. The molecule has 2 aliphatic carbocycles. The van der Waals surface area contributed by atoms with Crippen molar-refractivity contribution < 1.29 is 9.18 Å². The molecule has 166 valence electrons. The number of halogens is 1. The zero-order chi connectivity index (χ0) is 23.1. The molecule has 0 radical (unpaired) electrons. The Labute approximate surface area is 197 Å². The number of ketones is 1. The largest absolute Gasteiger partial charge is 0.364 e. The van der Waals surface area contributed by atoms with E-state index in [9.17, 15) is 9.18 Å². The zero-order valence-corrected chi connectivity index (χ0v) is 18.5. The molecule has 4 heteroatoms. The second-order valence-corrected chi connectivity index (χ2v) is 8.91. The lowest BCUT2D eigenvalue weighted by Gasteiger charge is -2.30. The number of aromatic nitrogens is 1. The van der Waals surface area contributed by atoms with Gasteiger partial charge in [-0.25, -0.2) is 4.39 Å². The van der Waals surface area contributed by atoms with Crippen LogP contribution in [0.1, 0.15) is 33.8 Å². The first-order valence-corrected chi connectivity index (χ1v) is 11.6. The van der Waals surface area contributed by atoms with E-state index in [1.807, 2.05) is 30.5 Å². The van der Waals surface area contributed by atoms with Crippen LogP contribution in [0.3, 0.4) is 0 Å². The lowest BCUT2D eigenvalue weighted by molar-refractivity contribution is 0.0943. The highest BCUT2D eigenvalue weighted by molar-refractivity contribution is 6.01. The molecule has 0 amide bonds. The molecule has 1 aromatic heterocycles. The van der Waals surface area contributed by atoms with Crippen molar-refractivity contribution in [1.29, 1.82) is 0 Å². The van der Waals surface area contributed by atoms with E-state index in [0.29, 0.717) is 12.0 Å². The van der Waals surface area contributed by atoms with E-state index in [-0.39, 0.29) is 23.4 Å². The molecule has 6 rings (SSSR count). The molecule has 0 saturated carbocycles. The standard InChI is InChI=1S/C30H23FN2O/c31-22-7-5-19-6-8-24-23(26(19)18-22)9-10-25-27(24)16-21(30(34)20-11-14-32-15-12-20)17-28(25)29-4-2-1-3-13-33-29/h1-5,7-16,18,21,28,33H,6,17H2. The third-order valence-corrected chi connectivity index (χ3v) is 6.96. The first-order chi connectivity index (χ1) is 16.7. The average molecular weight is 447 g/mol. The van der Waals surface area contributed by atoms with Crippen LogP contribution in [0.2, 0.25) is 0 Å². The van der Waals surface area contributed by atoms with Gasteiger partial charge >= 0.3 is 0 Å². The summed E-state index contributed by atoms with van der Waals surface area (Å²) in [5.74, 6) is -0.370. The van der Waals surface area contributed by atoms with Crippen LogP contribution in [0.4, 0.5) is 4.39 Å². The number of fused-ring (bicyclic) bond motifs is 5. The number of carbonyl (C=O) groups excluding carboxylic acids is 1. The summed E-state index contributed by atoms with van der Waals surface area (Å²) >= 11 is 0. The Morgan fingerprint density at radius 3 is 2.74 bits per heavy atom. The maximum Gasteiger partial charge on any atom is 0.169 e. The number of nitrogens with one attached hydrogen (secondary N) is 1. The fraction of sp³-hybridized carbons (Fsp3) is 0.133. The minimum absolute atomic E-state index is 0.0378. The van der Waals surface area contributed by atoms with Gasteiger partial charge in [-0.2, -0.15) is 0 Å². The molecule has 2 atom stereocenters. The molecule has 0 fully saturated rings. The summed E-state index contributed by atoms with van der Waals surface area (Å²) in [6.07, 6.45) is 19.1. The normalized spacial score (nSPS) is 19.9. The minimum atomic E-state index is -0.271. The minimum Gasteiger partial charge on any atom is -0.364 e. The van der Waals surface area contributed by atoms with Crippen LogP contribution in [0.5, 0.6) is 0 Å². The Hall–Kier alpha value is -4.05. The number of rotatable bonds is 3. The van der Waals surface area contributed by atoms with Gasteiger partial charge in [-0.05, 0) is 82.0 Å². The van der Waals surface area contributed by atoms with Crippen LogP contribution in [0, 0.1) is 11.7 Å². The number of pyridine rings is 1. The number of allylic oxidation sites excluding steroid dienone is 5. The van der Waals surface area contributed by atoms with Crippen molar-refractivity contribution in [3.63, 3.8) is 0 Å². The number of hydrogen-bond acceptors (Lipinski definition) is 3. The third kappa shape index (κ3) is 3.52. The molecular formula is C30H23FN2O. The average Bonchev–Trinajstić information content (AvgIpc) is 3.17. The van der Waals surface area contributed by atoms with Crippen LogP contribution in [0.15, 0.2) is 91.1 Å². The zero-order valence-electron chi connectivity index (χ0n) is 18.5. The Kier molecular flexibility index (Phi) is 5.06. The molecule has 2 unspecified atom stereocenters. The summed E-state index contributed by atoms with van der Waals surface area (Å²) < 4.78 is 14.1. The van der Waals surface area contributed by atoms with E-state index >= 15 is 0 Å². The van der Waals surface area contributed by atoms with Gasteiger partial charge in [-0.3, -0.25) is 9.78 Å². The van der Waals surface area contributed by atoms with Crippen molar-refractivity contribution in [2.24, 2.45) is 5.92 Å². The summed E-state index contributed by atoms with van der Waals surface area (Å²) in [7, 11) is 0. The lowest BCUT2D eigenvalue weighted by atomic mass is 9.75. The summed E-state index contributed by atoms with van der Waals surface area (Å²) in [4.78, 5) is 17.6. The molecule has 2 aromatic carbocycles. The molecule has 3 aromatic rings. The fourth-order valence-electron chi connectivity index (χ4n) is 5.33. The Bertz CT molecular complexity index is 1520. The second-order valence-electron chi connectivity index (χ2n) is 8.91. The van der Waals surface area contributed by atoms with Crippen molar-refractivity contribution in [3.05, 3.63) is 124 Å². The van der Waals surface area contributed by atoms with Gasteiger partial charge in [-0.15, -0.1) is 0 Å². The molecule has 3 nitrogen and oxygen atoms in total. The van der Waals surface area contributed by atoms with Gasteiger partial charge in [0.1, 0.15) is 5.82 Å². The predicted octanol–water partition coefficient (Wildman–Crippen LogP) is 4.55. The maximum absolute atomic E-state index is 14.1. The second kappa shape index (κ2) is 8.38. The van der Waals surface area contributed by atoms with Crippen molar-refractivity contribution >= 4 is 17.9 Å². The molecule has 1 N–H and O–H groups in total. The van der Waals surface area contributed by atoms with Crippen molar-refractivity contribution in [3.8, 4) is 11.1 Å². The first kappa shape index (κ1) is 20.5. The number of carbonyl (C=O) groups is 1. The highest BCUT2D eigenvalue weighted by Gasteiger charge is 2.31. The van der Waals surface area contributed by atoms with Crippen LogP contribution >= 0.6 is 0 Å². The van der Waals surface area contributed by atoms with Crippen molar-refractivity contribution in [2.45, 2.75) is 18.8 Å². The van der Waals surface area contributed by atoms with Gasteiger partial charge in [0.2, 0.25) is 0 Å². The van der Waals surface area contributed by atoms with Crippen LogP contribution in [-0.4, -0.2) is 10.8 Å². The maximum atomic E-state index is 14.1. The summed E-state index contributed by atoms with van der Waals surface area (Å²) in [6, 6.07) is 12.8. The molecule has 0 bridgehead atoms. The van der Waals surface area contributed by atoms with Gasteiger partial charge in [-0.1, -0.05) is 42.5 Å². The fourth-order valence-corrected chi connectivity index (χ4v) is 5.33. The quantitative estimate of drug-likeness (QED) is 0.601. The van der Waals surface area contributed by atoms with E-state index < -0.39 is 0 Å².